The zero-order valence-corrected chi connectivity index (χ0v) is 12.4. The second kappa shape index (κ2) is 5.24. The highest BCUT2D eigenvalue weighted by Gasteiger charge is 2.20. The quantitative estimate of drug-likeness (QED) is 0.821. The zero-order valence-electron chi connectivity index (χ0n) is 12.4. The molecule has 0 bridgehead atoms. The van der Waals surface area contributed by atoms with E-state index in [0.717, 1.165) is 11.9 Å². The van der Waals surface area contributed by atoms with Crippen LogP contribution >= 0.6 is 0 Å². The van der Waals surface area contributed by atoms with Crippen LogP contribution in [-0.4, -0.2) is 4.57 Å². The SMILES string of the molecule is CCC(C(C)C)n1c(=O)oc2cc(C(C)C)ccc21. The summed E-state index contributed by atoms with van der Waals surface area (Å²) < 4.78 is 7.24. The van der Waals surface area contributed by atoms with Gasteiger partial charge in [0.2, 0.25) is 0 Å². The predicted octanol–water partition coefficient (Wildman–Crippen LogP) is 4.33. The molecular formula is C16H23NO2. The van der Waals surface area contributed by atoms with E-state index < -0.39 is 0 Å². The number of fused-ring (bicyclic) bond motifs is 1. The monoisotopic (exact) mass is 261 g/mol. The van der Waals surface area contributed by atoms with Gasteiger partial charge in [-0.25, -0.2) is 4.79 Å². The first-order valence-corrected chi connectivity index (χ1v) is 7.10. The standard InChI is InChI=1S/C16H23NO2/c1-6-13(11(4)5)17-14-8-7-12(10(2)3)9-15(14)19-16(17)18/h7-11,13H,6H2,1-5H3. The van der Waals surface area contributed by atoms with Crippen molar-refractivity contribution in [2.45, 2.75) is 53.0 Å². The zero-order chi connectivity index (χ0) is 14.2. The Morgan fingerprint density at radius 2 is 1.89 bits per heavy atom. The number of benzene rings is 1. The molecule has 0 aliphatic heterocycles. The van der Waals surface area contributed by atoms with E-state index in [2.05, 4.69) is 40.7 Å². The van der Waals surface area contributed by atoms with Gasteiger partial charge in [-0.3, -0.25) is 4.57 Å². The highest BCUT2D eigenvalue weighted by molar-refractivity contribution is 5.74. The normalized spacial score (nSPS) is 13.6. The van der Waals surface area contributed by atoms with E-state index in [9.17, 15) is 4.79 Å². The van der Waals surface area contributed by atoms with E-state index >= 15 is 0 Å². The van der Waals surface area contributed by atoms with E-state index in [0.29, 0.717) is 17.4 Å². The molecule has 0 saturated heterocycles. The van der Waals surface area contributed by atoms with Gasteiger partial charge in [0.25, 0.3) is 0 Å². The van der Waals surface area contributed by atoms with Crippen molar-refractivity contribution in [3.8, 4) is 0 Å². The van der Waals surface area contributed by atoms with Gasteiger partial charge in [0.05, 0.1) is 5.52 Å². The lowest BCUT2D eigenvalue weighted by atomic mass is 10.0. The van der Waals surface area contributed by atoms with Crippen LogP contribution in [0.15, 0.2) is 27.4 Å². The molecule has 3 nitrogen and oxygen atoms in total. The number of aromatic nitrogens is 1. The van der Waals surface area contributed by atoms with Crippen LogP contribution in [0.1, 0.15) is 58.6 Å². The first kappa shape index (κ1) is 13.9. The van der Waals surface area contributed by atoms with Gasteiger partial charge >= 0.3 is 5.76 Å². The van der Waals surface area contributed by atoms with Crippen LogP contribution in [0.5, 0.6) is 0 Å². The molecule has 0 N–H and O–H groups in total. The van der Waals surface area contributed by atoms with Gasteiger partial charge in [-0.1, -0.05) is 40.7 Å². The van der Waals surface area contributed by atoms with Gasteiger partial charge in [-0.2, -0.15) is 0 Å². The van der Waals surface area contributed by atoms with Gasteiger partial charge in [-0.15, -0.1) is 0 Å². The maximum atomic E-state index is 12.1. The fourth-order valence-electron chi connectivity index (χ4n) is 2.68. The predicted molar refractivity (Wildman–Crippen MR) is 78.7 cm³/mol. The number of rotatable bonds is 4. The molecule has 1 aromatic heterocycles. The summed E-state index contributed by atoms with van der Waals surface area (Å²) in [5, 5.41) is 0. The molecule has 1 aromatic carbocycles. The summed E-state index contributed by atoms with van der Waals surface area (Å²) in [4.78, 5) is 12.1. The van der Waals surface area contributed by atoms with Crippen molar-refractivity contribution in [2.24, 2.45) is 5.92 Å². The van der Waals surface area contributed by atoms with Crippen molar-refractivity contribution in [3.05, 3.63) is 34.3 Å². The molecule has 2 aromatic rings. The van der Waals surface area contributed by atoms with Crippen molar-refractivity contribution in [2.75, 3.05) is 0 Å². The highest BCUT2D eigenvalue weighted by Crippen LogP contribution is 2.27. The third kappa shape index (κ3) is 2.46. The summed E-state index contributed by atoms with van der Waals surface area (Å²) in [7, 11) is 0. The summed E-state index contributed by atoms with van der Waals surface area (Å²) in [6.07, 6.45) is 0.929. The van der Waals surface area contributed by atoms with Crippen molar-refractivity contribution in [1.29, 1.82) is 0 Å². The number of hydrogen-bond donors (Lipinski definition) is 0. The largest absolute Gasteiger partial charge is 0.420 e. The Morgan fingerprint density at radius 3 is 2.42 bits per heavy atom. The molecule has 1 atom stereocenters. The molecular weight excluding hydrogens is 238 g/mol. The third-order valence-corrected chi connectivity index (χ3v) is 3.82. The Kier molecular flexibility index (Phi) is 3.83. The van der Waals surface area contributed by atoms with E-state index in [1.807, 2.05) is 16.7 Å². The maximum absolute atomic E-state index is 12.1. The molecule has 0 amide bonds. The van der Waals surface area contributed by atoms with Crippen molar-refractivity contribution in [1.82, 2.24) is 4.57 Å². The second-order valence-electron chi connectivity index (χ2n) is 5.84. The van der Waals surface area contributed by atoms with E-state index in [1.165, 1.54) is 5.56 Å². The van der Waals surface area contributed by atoms with Crippen molar-refractivity contribution in [3.63, 3.8) is 0 Å². The average Bonchev–Trinajstić information content (AvgIpc) is 2.66. The minimum Gasteiger partial charge on any atom is -0.408 e. The van der Waals surface area contributed by atoms with Crippen molar-refractivity contribution < 1.29 is 4.42 Å². The molecule has 19 heavy (non-hydrogen) atoms. The lowest BCUT2D eigenvalue weighted by Crippen LogP contribution is -2.23. The molecule has 0 aliphatic carbocycles. The number of oxazole rings is 1. The Hall–Kier alpha value is -1.51. The molecule has 0 radical (unpaired) electrons. The molecule has 104 valence electrons. The van der Waals surface area contributed by atoms with Crippen LogP contribution in [0.25, 0.3) is 11.1 Å². The Balaban J connectivity index is 2.63. The van der Waals surface area contributed by atoms with E-state index in [1.54, 1.807) is 0 Å². The van der Waals surface area contributed by atoms with Gasteiger partial charge in [0, 0.05) is 6.04 Å². The minimum absolute atomic E-state index is 0.193. The van der Waals surface area contributed by atoms with Gasteiger partial charge < -0.3 is 4.42 Å². The maximum Gasteiger partial charge on any atom is 0.420 e. The molecule has 2 rings (SSSR count). The molecule has 1 heterocycles. The van der Waals surface area contributed by atoms with Crippen LogP contribution in [-0.2, 0) is 0 Å². The van der Waals surface area contributed by atoms with Crippen LogP contribution in [0.4, 0.5) is 0 Å². The summed E-state index contributed by atoms with van der Waals surface area (Å²) >= 11 is 0. The number of hydrogen-bond acceptors (Lipinski definition) is 2. The molecule has 0 aliphatic rings. The van der Waals surface area contributed by atoms with Gasteiger partial charge in [0.15, 0.2) is 5.58 Å². The fraction of sp³-hybridized carbons (Fsp3) is 0.562. The van der Waals surface area contributed by atoms with Gasteiger partial charge in [0.1, 0.15) is 0 Å². The van der Waals surface area contributed by atoms with Crippen LogP contribution < -0.4 is 5.76 Å². The van der Waals surface area contributed by atoms with Crippen LogP contribution in [0.3, 0.4) is 0 Å². The first-order valence-electron chi connectivity index (χ1n) is 7.10. The number of nitrogens with zero attached hydrogens (tertiary/aromatic N) is 1. The highest BCUT2D eigenvalue weighted by atomic mass is 16.4. The second-order valence-corrected chi connectivity index (χ2v) is 5.84. The fourth-order valence-corrected chi connectivity index (χ4v) is 2.68. The van der Waals surface area contributed by atoms with E-state index in [4.69, 9.17) is 4.42 Å². The topological polar surface area (TPSA) is 35.1 Å². The minimum atomic E-state index is -0.239. The molecule has 0 saturated carbocycles. The molecule has 3 heteroatoms. The first-order chi connectivity index (χ1) is 8.95. The van der Waals surface area contributed by atoms with Crippen molar-refractivity contribution >= 4 is 11.1 Å². The Labute approximate surface area is 114 Å². The smallest absolute Gasteiger partial charge is 0.408 e. The summed E-state index contributed by atoms with van der Waals surface area (Å²) in [6, 6.07) is 6.29. The molecule has 0 fully saturated rings. The van der Waals surface area contributed by atoms with E-state index in [-0.39, 0.29) is 11.8 Å². The van der Waals surface area contributed by atoms with Crippen LogP contribution in [0, 0.1) is 5.92 Å². The Morgan fingerprint density at radius 1 is 1.21 bits per heavy atom. The summed E-state index contributed by atoms with van der Waals surface area (Å²) in [5.74, 6) is 0.606. The third-order valence-electron chi connectivity index (χ3n) is 3.82. The summed E-state index contributed by atoms with van der Waals surface area (Å²) in [5.41, 5.74) is 2.82. The summed E-state index contributed by atoms with van der Waals surface area (Å²) in [6.45, 7) is 10.7. The van der Waals surface area contributed by atoms with Crippen LogP contribution in [0.2, 0.25) is 0 Å². The lowest BCUT2D eigenvalue weighted by Gasteiger charge is -2.20. The van der Waals surface area contributed by atoms with Gasteiger partial charge in [-0.05, 0) is 36.0 Å². The molecule has 1 unspecified atom stereocenters. The average molecular weight is 261 g/mol. The lowest BCUT2D eigenvalue weighted by molar-refractivity contribution is 0.344. The molecule has 0 spiro atoms. The Bertz CT molecular complexity index is 619.